The van der Waals surface area contributed by atoms with Gasteiger partial charge >= 0.3 is 0 Å². The number of methoxy groups -OCH3 is 1. The van der Waals surface area contributed by atoms with Gasteiger partial charge in [0.1, 0.15) is 13.8 Å². The summed E-state index contributed by atoms with van der Waals surface area (Å²) in [6, 6.07) is 6.59. The van der Waals surface area contributed by atoms with Crippen LogP contribution in [-0.2, 0) is 0 Å². The number of hydrogen-bond donors (Lipinski definition) is 0. The predicted molar refractivity (Wildman–Crippen MR) is 95.1 cm³/mol. The van der Waals surface area contributed by atoms with Crippen molar-refractivity contribution in [3.05, 3.63) is 46.7 Å². The van der Waals surface area contributed by atoms with Gasteiger partial charge in [0, 0.05) is 0 Å². The van der Waals surface area contributed by atoms with Crippen LogP contribution in [0.3, 0.4) is 0 Å². The minimum absolute atomic E-state index is 0.710. The maximum atomic E-state index is 5.73. The van der Waals surface area contributed by atoms with Gasteiger partial charge in [-0.3, -0.25) is 0 Å². The monoisotopic (exact) mass is 300 g/mol. The predicted octanol–water partition coefficient (Wildman–Crippen LogP) is 4.76. The summed E-state index contributed by atoms with van der Waals surface area (Å²) in [5.74, 6) is 1.81. The van der Waals surface area contributed by atoms with Crippen LogP contribution in [0.4, 0.5) is 0 Å². The fourth-order valence-electron chi connectivity index (χ4n) is 3.42. The van der Waals surface area contributed by atoms with Crippen LogP contribution < -0.4 is 9.92 Å². The van der Waals surface area contributed by atoms with Crippen molar-refractivity contribution >= 4 is 13.3 Å². The van der Waals surface area contributed by atoms with E-state index in [0.717, 1.165) is 12.2 Å². The van der Waals surface area contributed by atoms with Crippen LogP contribution in [-0.4, -0.2) is 15.2 Å². The van der Waals surface area contributed by atoms with E-state index in [-0.39, 0.29) is 0 Å². The van der Waals surface area contributed by atoms with E-state index in [1.54, 1.807) is 17.9 Å². The molecule has 0 saturated carbocycles. The zero-order valence-corrected chi connectivity index (χ0v) is 15.3. The molecular weight excluding hydrogens is 272 g/mol. The molecule has 2 heteroatoms. The van der Waals surface area contributed by atoms with Crippen molar-refractivity contribution in [2.24, 2.45) is 5.92 Å². The molecule has 114 valence electrons. The Hall–Kier alpha value is -1.28. The van der Waals surface area contributed by atoms with Gasteiger partial charge in [0.2, 0.25) is 0 Å². The van der Waals surface area contributed by atoms with E-state index >= 15 is 0 Å². The second-order valence-electron chi connectivity index (χ2n) is 6.99. The third-order valence-electron chi connectivity index (χ3n) is 4.50. The molecule has 0 spiro atoms. The summed E-state index contributed by atoms with van der Waals surface area (Å²) in [6.45, 7) is 11.7. The molecule has 1 aromatic carbocycles. The molecular formula is C19H28OSi. The van der Waals surface area contributed by atoms with Gasteiger partial charge in [-0.15, -0.1) is 0 Å². The Balaban J connectivity index is 2.49. The molecule has 1 aromatic rings. The Morgan fingerprint density at radius 2 is 1.95 bits per heavy atom. The first-order valence-corrected chi connectivity index (χ1v) is 10.9. The molecule has 0 fully saturated rings. The summed E-state index contributed by atoms with van der Waals surface area (Å²) in [5, 5.41) is 3.12. The van der Waals surface area contributed by atoms with Gasteiger partial charge in [0.25, 0.3) is 0 Å². The molecule has 0 bridgehead atoms. The highest BCUT2D eigenvalue weighted by Crippen LogP contribution is 2.33. The molecule has 1 aliphatic rings. The summed E-state index contributed by atoms with van der Waals surface area (Å²) in [5.41, 5.74) is 2.82. The fraction of sp³-hybridized carbons (Fsp3) is 0.474. The molecule has 21 heavy (non-hydrogen) atoms. The van der Waals surface area contributed by atoms with E-state index in [9.17, 15) is 0 Å². The first-order valence-electron chi connectivity index (χ1n) is 7.91. The van der Waals surface area contributed by atoms with E-state index in [1.807, 2.05) is 0 Å². The number of allylic oxidation sites excluding steroid dienone is 4. The SMILES string of the molecule is COc1c(C)cccc1[Si](C)(C)C1=C(CC(C)C)C=CC1. The third kappa shape index (κ3) is 3.15. The Kier molecular flexibility index (Phi) is 4.77. The van der Waals surface area contributed by atoms with E-state index in [2.05, 4.69) is 64.2 Å². The molecule has 0 saturated heterocycles. The average Bonchev–Trinajstić information content (AvgIpc) is 2.86. The smallest absolute Gasteiger partial charge is 0.121 e. The van der Waals surface area contributed by atoms with Gasteiger partial charge in [-0.2, -0.15) is 0 Å². The number of benzene rings is 1. The first-order chi connectivity index (χ1) is 9.87. The summed E-state index contributed by atoms with van der Waals surface area (Å²) >= 11 is 0. The standard InChI is InChI=1S/C19H28OSi/c1-14(2)13-16-10-8-11-17(16)21(5,6)18-12-7-9-15(3)19(18)20-4/h7-10,12,14H,11,13H2,1-6H3. The largest absolute Gasteiger partial charge is 0.497 e. The van der Waals surface area contributed by atoms with Gasteiger partial charge < -0.3 is 4.74 Å². The maximum absolute atomic E-state index is 5.73. The first kappa shape index (κ1) is 16.1. The second kappa shape index (κ2) is 6.23. The molecule has 0 unspecified atom stereocenters. The fourth-order valence-corrected chi connectivity index (χ4v) is 6.74. The van der Waals surface area contributed by atoms with Crippen LogP contribution in [0.15, 0.2) is 41.1 Å². The normalized spacial score (nSPS) is 15.2. The summed E-state index contributed by atoms with van der Waals surface area (Å²) in [7, 11) is 0.117. The average molecular weight is 301 g/mol. The molecule has 0 aromatic heterocycles. The van der Waals surface area contributed by atoms with Gasteiger partial charge in [-0.1, -0.05) is 68.1 Å². The lowest BCUT2D eigenvalue weighted by molar-refractivity contribution is 0.415. The lowest BCUT2D eigenvalue weighted by Gasteiger charge is -2.29. The van der Waals surface area contributed by atoms with Gasteiger partial charge in [0.05, 0.1) is 7.11 Å². The van der Waals surface area contributed by atoms with Crippen molar-refractivity contribution in [3.8, 4) is 5.75 Å². The maximum Gasteiger partial charge on any atom is 0.121 e. The van der Waals surface area contributed by atoms with Crippen molar-refractivity contribution < 1.29 is 4.74 Å². The van der Waals surface area contributed by atoms with Crippen molar-refractivity contribution in [2.45, 2.75) is 46.7 Å². The van der Waals surface area contributed by atoms with Crippen LogP contribution in [0.2, 0.25) is 13.1 Å². The molecule has 0 atom stereocenters. The second-order valence-corrected chi connectivity index (χ2v) is 11.4. The number of aryl methyl sites for hydroxylation is 1. The van der Waals surface area contributed by atoms with Crippen LogP contribution in [0.25, 0.3) is 0 Å². The molecule has 1 aliphatic carbocycles. The molecule has 1 nitrogen and oxygen atoms in total. The van der Waals surface area contributed by atoms with Crippen LogP contribution in [0.1, 0.15) is 32.3 Å². The molecule has 0 heterocycles. The molecule has 0 amide bonds. The van der Waals surface area contributed by atoms with Crippen molar-refractivity contribution in [3.63, 3.8) is 0 Å². The highest BCUT2D eigenvalue weighted by atomic mass is 28.3. The third-order valence-corrected chi connectivity index (χ3v) is 8.28. The molecule has 0 N–H and O–H groups in total. The minimum atomic E-state index is -1.68. The zero-order valence-electron chi connectivity index (χ0n) is 14.3. The number of rotatable bonds is 5. The van der Waals surface area contributed by atoms with Crippen molar-refractivity contribution in [2.75, 3.05) is 7.11 Å². The molecule has 0 radical (unpaired) electrons. The van der Waals surface area contributed by atoms with Gasteiger partial charge in [-0.25, -0.2) is 0 Å². The van der Waals surface area contributed by atoms with Gasteiger partial charge in [0.15, 0.2) is 0 Å². The lowest BCUT2D eigenvalue weighted by Crippen LogP contribution is -2.45. The highest BCUT2D eigenvalue weighted by Gasteiger charge is 2.34. The molecule has 0 aliphatic heterocycles. The van der Waals surface area contributed by atoms with E-state index in [0.29, 0.717) is 5.92 Å². The Labute approximate surface area is 130 Å². The van der Waals surface area contributed by atoms with Crippen LogP contribution in [0, 0.1) is 12.8 Å². The Morgan fingerprint density at radius 1 is 1.24 bits per heavy atom. The van der Waals surface area contributed by atoms with Crippen molar-refractivity contribution in [1.82, 2.24) is 0 Å². The van der Waals surface area contributed by atoms with Crippen molar-refractivity contribution in [1.29, 1.82) is 0 Å². The number of hydrogen-bond acceptors (Lipinski definition) is 1. The summed E-state index contributed by atoms with van der Waals surface area (Å²) in [4.78, 5) is 0. The topological polar surface area (TPSA) is 9.23 Å². The molecule has 2 rings (SSSR count). The Morgan fingerprint density at radius 3 is 2.57 bits per heavy atom. The number of para-hydroxylation sites is 1. The lowest BCUT2D eigenvalue weighted by atomic mass is 10.0. The van der Waals surface area contributed by atoms with Crippen LogP contribution in [0.5, 0.6) is 5.75 Å². The summed E-state index contributed by atoms with van der Waals surface area (Å²) < 4.78 is 5.73. The van der Waals surface area contributed by atoms with E-state index in [4.69, 9.17) is 4.74 Å². The zero-order chi connectivity index (χ0) is 15.6. The Bertz CT molecular complexity index is 579. The van der Waals surface area contributed by atoms with E-state index < -0.39 is 8.07 Å². The number of ether oxygens (including phenoxy) is 1. The minimum Gasteiger partial charge on any atom is -0.497 e. The highest BCUT2D eigenvalue weighted by molar-refractivity contribution is 6.96. The van der Waals surface area contributed by atoms with Gasteiger partial charge in [-0.05, 0) is 36.4 Å². The quantitative estimate of drug-likeness (QED) is 0.712. The van der Waals surface area contributed by atoms with Crippen LogP contribution >= 0.6 is 0 Å². The van der Waals surface area contributed by atoms with E-state index in [1.165, 1.54) is 17.2 Å². The summed E-state index contributed by atoms with van der Waals surface area (Å²) in [6.07, 6.45) is 7.01.